The summed E-state index contributed by atoms with van der Waals surface area (Å²) in [4.78, 5) is 8.50. The molecule has 0 atom stereocenters. The van der Waals surface area contributed by atoms with Crippen LogP contribution < -0.4 is 5.73 Å². The fourth-order valence-corrected chi connectivity index (χ4v) is 4.76. The molecule has 0 amide bonds. The Bertz CT molecular complexity index is 603. The summed E-state index contributed by atoms with van der Waals surface area (Å²) in [7, 11) is -3.31. The number of aromatic nitrogens is 2. The molecule has 1 saturated heterocycles. The number of hydrogen-bond acceptors (Lipinski definition) is 5. The van der Waals surface area contributed by atoms with Gasteiger partial charge in [0.1, 0.15) is 11.6 Å². The Morgan fingerprint density at radius 2 is 1.87 bits per heavy atom. The molecule has 2 N–H and O–H groups in total. The number of anilines is 1. The minimum absolute atomic E-state index is 0.437. The first-order valence-electron chi connectivity index (χ1n) is 8.22. The maximum atomic E-state index is 12.5. The van der Waals surface area contributed by atoms with Crippen molar-refractivity contribution < 1.29 is 8.42 Å². The van der Waals surface area contributed by atoms with Crippen LogP contribution in [0.2, 0.25) is 0 Å². The van der Waals surface area contributed by atoms with Gasteiger partial charge >= 0.3 is 0 Å². The van der Waals surface area contributed by atoms with Gasteiger partial charge in [-0.3, -0.25) is 0 Å². The molecule has 2 heterocycles. The molecule has 1 aromatic rings. The summed E-state index contributed by atoms with van der Waals surface area (Å²) in [5, 5.41) is 0. The van der Waals surface area contributed by atoms with Crippen molar-refractivity contribution in [1.82, 2.24) is 18.6 Å². The molecule has 1 aliphatic rings. The van der Waals surface area contributed by atoms with Crippen molar-refractivity contribution in [3.05, 3.63) is 17.6 Å². The lowest BCUT2D eigenvalue weighted by atomic mass is 9.93. The zero-order valence-corrected chi connectivity index (χ0v) is 15.0. The second-order valence-corrected chi connectivity index (χ2v) is 7.90. The summed E-state index contributed by atoms with van der Waals surface area (Å²) in [5.74, 6) is 1.61. The minimum atomic E-state index is -3.31. The minimum Gasteiger partial charge on any atom is -0.384 e. The van der Waals surface area contributed by atoms with Gasteiger partial charge in [0.25, 0.3) is 10.2 Å². The summed E-state index contributed by atoms with van der Waals surface area (Å²) >= 11 is 0. The molecule has 0 aromatic carbocycles. The van der Waals surface area contributed by atoms with E-state index in [2.05, 4.69) is 9.97 Å². The molecule has 130 valence electrons. The van der Waals surface area contributed by atoms with Crippen LogP contribution in [0.3, 0.4) is 0 Å². The van der Waals surface area contributed by atoms with Crippen LogP contribution in [0.25, 0.3) is 0 Å². The molecule has 0 bridgehead atoms. The van der Waals surface area contributed by atoms with E-state index < -0.39 is 10.2 Å². The van der Waals surface area contributed by atoms with E-state index in [0.717, 1.165) is 25.0 Å². The predicted molar refractivity (Wildman–Crippen MR) is 91.0 cm³/mol. The van der Waals surface area contributed by atoms with Crippen molar-refractivity contribution in [2.24, 2.45) is 5.92 Å². The van der Waals surface area contributed by atoms with Gasteiger partial charge in [-0.05, 0) is 32.1 Å². The largest absolute Gasteiger partial charge is 0.384 e. The molecule has 23 heavy (non-hydrogen) atoms. The number of piperidine rings is 1. The van der Waals surface area contributed by atoms with Gasteiger partial charge in [0.05, 0.1) is 0 Å². The zero-order valence-electron chi connectivity index (χ0n) is 14.2. The second-order valence-electron chi connectivity index (χ2n) is 5.97. The number of rotatable bonds is 6. The average Bonchev–Trinajstić information content (AvgIpc) is 2.47. The van der Waals surface area contributed by atoms with Crippen LogP contribution in [0.5, 0.6) is 0 Å². The maximum Gasteiger partial charge on any atom is 0.281 e. The Morgan fingerprint density at radius 1 is 1.26 bits per heavy atom. The van der Waals surface area contributed by atoms with Crippen molar-refractivity contribution in [2.45, 2.75) is 40.0 Å². The third kappa shape index (κ3) is 4.39. The van der Waals surface area contributed by atoms with Crippen LogP contribution in [-0.4, -0.2) is 53.2 Å². The smallest absolute Gasteiger partial charge is 0.281 e. The molecule has 1 fully saturated rings. The summed E-state index contributed by atoms with van der Waals surface area (Å²) in [6.45, 7) is 7.74. The molecular formula is C15H27N5O2S. The van der Waals surface area contributed by atoms with Crippen molar-refractivity contribution in [3.63, 3.8) is 0 Å². The Labute approximate surface area is 139 Å². The molecule has 0 aliphatic carbocycles. The highest BCUT2D eigenvalue weighted by molar-refractivity contribution is 7.86. The SMILES string of the molecule is CCN(CC)S(=O)(=O)N1CCC(Cc2cc(N)nc(C)n2)CC1. The van der Waals surface area contributed by atoms with Crippen molar-refractivity contribution >= 4 is 16.0 Å². The van der Waals surface area contributed by atoms with E-state index in [1.165, 1.54) is 4.31 Å². The highest BCUT2D eigenvalue weighted by atomic mass is 32.2. The van der Waals surface area contributed by atoms with Crippen LogP contribution in [0.15, 0.2) is 6.07 Å². The number of aryl methyl sites for hydroxylation is 1. The highest BCUT2D eigenvalue weighted by Gasteiger charge is 2.31. The lowest BCUT2D eigenvalue weighted by molar-refractivity contribution is 0.254. The summed E-state index contributed by atoms with van der Waals surface area (Å²) in [6.07, 6.45) is 2.53. The van der Waals surface area contributed by atoms with Crippen LogP contribution in [0.1, 0.15) is 38.2 Å². The molecule has 1 aromatic heterocycles. The van der Waals surface area contributed by atoms with Crippen LogP contribution in [0, 0.1) is 12.8 Å². The quantitative estimate of drug-likeness (QED) is 0.839. The third-order valence-corrected chi connectivity index (χ3v) is 6.53. The molecule has 7 nitrogen and oxygen atoms in total. The zero-order chi connectivity index (χ0) is 17.0. The van der Waals surface area contributed by atoms with E-state index in [0.29, 0.717) is 43.7 Å². The Kier molecular flexibility index (Phi) is 5.94. The van der Waals surface area contributed by atoms with E-state index in [1.54, 1.807) is 4.31 Å². The first-order valence-corrected chi connectivity index (χ1v) is 9.61. The fourth-order valence-electron chi connectivity index (χ4n) is 3.11. The lowest BCUT2D eigenvalue weighted by Gasteiger charge is -2.34. The molecule has 0 radical (unpaired) electrons. The number of nitrogen functional groups attached to an aromatic ring is 1. The summed E-state index contributed by atoms with van der Waals surface area (Å²) in [6, 6.07) is 1.81. The van der Waals surface area contributed by atoms with Gasteiger partial charge < -0.3 is 5.73 Å². The average molecular weight is 341 g/mol. The van der Waals surface area contributed by atoms with Gasteiger partial charge in [-0.15, -0.1) is 0 Å². The van der Waals surface area contributed by atoms with Crippen LogP contribution >= 0.6 is 0 Å². The monoisotopic (exact) mass is 341 g/mol. The van der Waals surface area contributed by atoms with Crippen molar-refractivity contribution in [1.29, 1.82) is 0 Å². The van der Waals surface area contributed by atoms with Gasteiger partial charge in [-0.25, -0.2) is 9.97 Å². The molecular weight excluding hydrogens is 314 g/mol. The standard InChI is InChI=1S/C15H27N5O2S/c1-4-19(5-2)23(21,22)20-8-6-13(7-9-20)10-14-11-15(16)18-12(3)17-14/h11,13H,4-10H2,1-3H3,(H2,16,17,18). The second kappa shape index (κ2) is 7.55. The molecule has 0 spiro atoms. The van der Waals surface area contributed by atoms with E-state index in [4.69, 9.17) is 5.73 Å². The maximum absolute atomic E-state index is 12.5. The number of nitrogens with two attached hydrogens (primary N) is 1. The Hall–Kier alpha value is -1.25. The number of nitrogens with zero attached hydrogens (tertiary/aromatic N) is 4. The predicted octanol–water partition coefficient (Wildman–Crippen LogP) is 1.21. The first kappa shape index (κ1) is 18.1. The van der Waals surface area contributed by atoms with Crippen LogP contribution in [0.4, 0.5) is 5.82 Å². The highest BCUT2D eigenvalue weighted by Crippen LogP contribution is 2.24. The van der Waals surface area contributed by atoms with Gasteiger partial charge in [-0.1, -0.05) is 13.8 Å². The summed E-state index contributed by atoms with van der Waals surface area (Å²) < 4.78 is 28.2. The molecule has 2 rings (SSSR count). The van der Waals surface area contributed by atoms with E-state index in [-0.39, 0.29) is 0 Å². The molecule has 0 saturated carbocycles. The Morgan fingerprint density at radius 3 is 2.39 bits per heavy atom. The third-order valence-electron chi connectivity index (χ3n) is 4.34. The number of hydrogen-bond donors (Lipinski definition) is 1. The normalized spacial score (nSPS) is 17.7. The Balaban J connectivity index is 1.96. The van der Waals surface area contributed by atoms with E-state index >= 15 is 0 Å². The van der Waals surface area contributed by atoms with Gasteiger partial charge in [0.2, 0.25) is 0 Å². The van der Waals surface area contributed by atoms with Crippen molar-refractivity contribution in [3.8, 4) is 0 Å². The fraction of sp³-hybridized carbons (Fsp3) is 0.733. The van der Waals surface area contributed by atoms with Gasteiger partial charge in [0.15, 0.2) is 0 Å². The summed E-state index contributed by atoms with van der Waals surface area (Å²) in [5.41, 5.74) is 6.71. The van der Waals surface area contributed by atoms with E-state index in [9.17, 15) is 8.42 Å². The van der Waals surface area contributed by atoms with Gasteiger partial charge in [0, 0.05) is 37.9 Å². The van der Waals surface area contributed by atoms with Crippen LogP contribution in [-0.2, 0) is 16.6 Å². The molecule has 1 aliphatic heterocycles. The first-order chi connectivity index (χ1) is 10.9. The van der Waals surface area contributed by atoms with Gasteiger partial charge in [-0.2, -0.15) is 17.0 Å². The molecule has 0 unspecified atom stereocenters. The molecule has 8 heteroatoms. The topological polar surface area (TPSA) is 92.4 Å². The van der Waals surface area contributed by atoms with Crippen molar-refractivity contribution in [2.75, 3.05) is 31.9 Å². The van der Waals surface area contributed by atoms with E-state index in [1.807, 2.05) is 26.8 Å². The lowest BCUT2D eigenvalue weighted by Crippen LogP contribution is -2.47.